The molecule has 2 aromatic rings. The van der Waals surface area contributed by atoms with E-state index in [2.05, 4.69) is 15.9 Å². The van der Waals surface area contributed by atoms with Crippen molar-refractivity contribution in [2.45, 2.75) is 13.5 Å². The molecule has 0 saturated carbocycles. The van der Waals surface area contributed by atoms with Gasteiger partial charge in [0.05, 0.1) is 0 Å². The summed E-state index contributed by atoms with van der Waals surface area (Å²) >= 11 is 3.49. The van der Waals surface area contributed by atoms with Gasteiger partial charge in [-0.3, -0.25) is 0 Å². The van der Waals surface area contributed by atoms with Crippen LogP contribution in [-0.2, 0) is 6.61 Å². The van der Waals surface area contributed by atoms with E-state index in [-0.39, 0.29) is 5.82 Å². The van der Waals surface area contributed by atoms with Crippen LogP contribution >= 0.6 is 15.9 Å². The van der Waals surface area contributed by atoms with Crippen LogP contribution in [0.15, 0.2) is 46.9 Å². The van der Waals surface area contributed by atoms with Gasteiger partial charge in [-0.05, 0) is 42.8 Å². The first-order chi connectivity index (χ1) is 8.15. The van der Waals surface area contributed by atoms with Gasteiger partial charge < -0.3 is 4.74 Å². The van der Waals surface area contributed by atoms with Crippen molar-refractivity contribution in [3.8, 4) is 5.75 Å². The Bertz CT molecular complexity index is 508. The van der Waals surface area contributed by atoms with Crippen molar-refractivity contribution in [2.75, 3.05) is 0 Å². The van der Waals surface area contributed by atoms with E-state index in [0.29, 0.717) is 12.4 Å². The fourth-order valence-corrected chi connectivity index (χ4v) is 2.07. The molecule has 17 heavy (non-hydrogen) atoms. The molecule has 0 atom stereocenters. The zero-order valence-electron chi connectivity index (χ0n) is 9.41. The monoisotopic (exact) mass is 294 g/mol. The second kappa shape index (κ2) is 5.32. The molecule has 0 amide bonds. The Morgan fingerprint density at radius 3 is 2.47 bits per heavy atom. The molecular weight excluding hydrogens is 283 g/mol. The van der Waals surface area contributed by atoms with Gasteiger partial charge in [-0.2, -0.15) is 0 Å². The van der Waals surface area contributed by atoms with E-state index >= 15 is 0 Å². The molecule has 0 fully saturated rings. The third-order valence-corrected chi connectivity index (χ3v) is 3.15. The van der Waals surface area contributed by atoms with Crippen molar-refractivity contribution in [1.82, 2.24) is 0 Å². The molecule has 0 radical (unpaired) electrons. The zero-order chi connectivity index (χ0) is 12.3. The Balaban J connectivity index is 2.04. The van der Waals surface area contributed by atoms with Crippen molar-refractivity contribution >= 4 is 15.9 Å². The summed E-state index contributed by atoms with van der Waals surface area (Å²) in [6, 6.07) is 12.1. The molecule has 0 aromatic heterocycles. The summed E-state index contributed by atoms with van der Waals surface area (Å²) in [7, 11) is 0. The molecule has 0 N–H and O–H groups in total. The first-order valence-corrected chi connectivity index (χ1v) is 6.08. The Hall–Kier alpha value is -1.35. The molecule has 0 aliphatic rings. The molecule has 2 rings (SSSR count). The fourth-order valence-electron chi connectivity index (χ4n) is 1.46. The summed E-state index contributed by atoms with van der Waals surface area (Å²) in [5.41, 5.74) is 2.27. The van der Waals surface area contributed by atoms with Crippen LogP contribution in [0.2, 0.25) is 0 Å². The molecule has 2 aromatic carbocycles. The molecule has 0 unspecified atom stereocenters. The smallest absolute Gasteiger partial charge is 0.123 e. The zero-order valence-corrected chi connectivity index (χ0v) is 11.0. The van der Waals surface area contributed by atoms with Gasteiger partial charge in [0.1, 0.15) is 18.2 Å². The number of rotatable bonds is 3. The number of halogens is 2. The fraction of sp³-hybridized carbons (Fsp3) is 0.143. The lowest BCUT2D eigenvalue weighted by atomic mass is 10.2. The normalized spacial score (nSPS) is 10.3. The Kier molecular flexibility index (Phi) is 3.79. The highest BCUT2D eigenvalue weighted by molar-refractivity contribution is 9.10. The van der Waals surface area contributed by atoms with Crippen molar-refractivity contribution in [3.05, 3.63) is 63.9 Å². The third kappa shape index (κ3) is 3.30. The summed E-state index contributed by atoms with van der Waals surface area (Å²) < 4.78 is 19.3. The van der Waals surface area contributed by atoms with Gasteiger partial charge in [0, 0.05) is 10.0 Å². The molecule has 88 valence electrons. The van der Waals surface area contributed by atoms with Gasteiger partial charge in [-0.25, -0.2) is 4.39 Å². The molecule has 0 aliphatic heterocycles. The van der Waals surface area contributed by atoms with Crippen molar-refractivity contribution in [1.29, 1.82) is 0 Å². The van der Waals surface area contributed by atoms with E-state index in [9.17, 15) is 4.39 Å². The second-order valence-electron chi connectivity index (χ2n) is 3.84. The van der Waals surface area contributed by atoms with Crippen LogP contribution in [0, 0.1) is 12.7 Å². The van der Waals surface area contributed by atoms with E-state index in [4.69, 9.17) is 4.74 Å². The molecule has 0 spiro atoms. The van der Waals surface area contributed by atoms with Gasteiger partial charge in [-0.1, -0.05) is 28.1 Å². The van der Waals surface area contributed by atoms with Gasteiger partial charge in [-0.15, -0.1) is 0 Å². The van der Waals surface area contributed by atoms with E-state index in [0.717, 1.165) is 10.0 Å². The third-order valence-electron chi connectivity index (χ3n) is 2.42. The summed E-state index contributed by atoms with van der Waals surface area (Å²) in [6.07, 6.45) is 0. The van der Waals surface area contributed by atoms with Crippen molar-refractivity contribution in [2.24, 2.45) is 0 Å². The van der Waals surface area contributed by atoms with Crippen molar-refractivity contribution < 1.29 is 9.13 Å². The van der Waals surface area contributed by atoms with E-state index in [1.54, 1.807) is 12.1 Å². The SMILES string of the molecule is Cc1ccc(COc2ccc(F)cc2)c(Br)c1. The average molecular weight is 295 g/mol. The van der Waals surface area contributed by atoms with Gasteiger partial charge in [0.25, 0.3) is 0 Å². The van der Waals surface area contributed by atoms with Crippen LogP contribution in [0.25, 0.3) is 0 Å². The Morgan fingerprint density at radius 1 is 1.12 bits per heavy atom. The number of hydrogen-bond acceptors (Lipinski definition) is 1. The predicted octanol–water partition coefficient (Wildman–Crippen LogP) is 4.48. The predicted molar refractivity (Wildman–Crippen MR) is 69.6 cm³/mol. The highest BCUT2D eigenvalue weighted by Gasteiger charge is 2.01. The quantitative estimate of drug-likeness (QED) is 0.811. The minimum absolute atomic E-state index is 0.256. The molecule has 0 saturated heterocycles. The minimum atomic E-state index is -0.256. The minimum Gasteiger partial charge on any atom is -0.489 e. The molecule has 0 heterocycles. The molecule has 0 aliphatic carbocycles. The van der Waals surface area contributed by atoms with E-state index < -0.39 is 0 Å². The Morgan fingerprint density at radius 2 is 1.82 bits per heavy atom. The maximum absolute atomic E-state index is 12.7. The number of aryl methyl sites for hydroxylation is 1. The first kappa shape index (κ1) is 12.1. The lowest BCUT2D eigenvalue weighted by Gasteiger charge is -2.08. The number of ether oxygens (including phenoxy) is 1. The number of benzene rings is 2. The summed E-state index contributed by atoms with van der Waals surface area (Å²) in [5, 5.41) is 0. The molecule has 1 nitrogen and oxygen atoms in total. The molecule has 3 heteroatoms. The van der Waals surface area contributed by atoms with Crippen LogP contribution in [0.5, 0.6) is 5.75 Å². The lowest BCUT2D eigenvalue weighted by molar-refractivity contribution is 0.305. The summed E-state index contributed by atoms with van der Waals surface area (Å²) in [6.45, 7) is 2.50. The van der Waals surface area contributed by atoms with Gasteiger partial charge in [0.2, 0.25) is 0 Å². The highest BCUT2D eigenvalue weighted by atomic mass is 79.9. The van der Waals surface area contributed by atoms with E-state index in [1.807, 2.05) is 25.1 Å². The van der Waals surface area contributed by atoms with Crippen LogP contribution < -0.4 is 4.74 Å². The lowest BCUT2D eigenvalue weighted by Crippen LogP contribution is -1.96. The molecular formula is C14H12BrFO. The first-order valence-electron chi connectivity index (χ1n) is 5.28. The van der Waals surface area contributed by atoms with Gasteiger partial charge in [0.15, 0.2) is 0 Å². The maximum Gasteiger partial charge on any atom is 0.123 e. The van der Waals surface area contributed by atoms with Crippen LogP contribution in [0.3, 0.4) is 0 Å². The van der Waals surface area contributed by atoms with Crippen LogP contribution in [0.1, 0.15) is 11.1 Å². The highest BCUT2D eigenvalue weighted by Crippen LogP contribution is 2.20. The second-order valence-corrected chi connectivity index (χ2v) is 4.69. The topological polar surface area (TPSA) is 9.23 Å². The van der Waals surface area contributed by atoms with Crippen LogP contribution in [-0.4, -0.2) is 0 Å². The van der Waals surface area contributed by atoms with E-state index in [1.165, 1.54) is 17.7 Å². The summed E-state index contributed by atoms with van der Waals surface area (Å²) in [5.74, 6) is 0.410. The summed E-state index contributed by atoms with van der Waals surface area (Å²) in [4.78, 5) is 0. The van der Waals surface area contributed by atoms with Gasteiger partial charge >= 0.3 is 0 Å². The number of hydrogen-bond donors (Lipinski definition) is 0. The van der Waals surface area contributed by atoms with Crippen molar-refractivity contribution in [3.63, 3.8) is 0 Å². The maximum atomic E-state index is 12.7. The largest absolute Gasteiger partial charge is 0.489 e. The van der Waals surface area contributed by atoms with Crippen LogP contribution in [0.4, 0.5) is 4.39 Å². The Labute approximate surface area is 108 Å². The standard InChI is InChI=1S/C14H12BrFO/c1-10-2-3-11(14(15)8-10)9-17-13-6-4-12(16)5-7-13/h2-8H,9H2,1H3. The molecule has 0 bridgehead atoms. The average Bonchev–Trinajstić information content (AvgIpc) is 2.30.